The average Bonchev–Trinajstić information content (AvgIpc) is 2.78. The fourth-order valence-electron chi connectivity index (χ4n) is 3.40. The second-order valence-electron chi connectivity index (χ2n) is 6.45. The predicted molar refractivity (Wildman–Crippen MR) is 80.3 cm³/mol. The van der Waals surface area contributed by atoms with Crippen LogP contribution in [0.4, 0.5) is 0 Å². The highest BCUT2D eigenvalue weighted by Crippen LogP contribution is 2.41. The molecule has 2 saturated heterocycles. The van der Waals surface area contributed by atoms with Crippen molar-refractivity contribution in [1.82, 2.24) is 5.32 Å². The summed E-state index contributed by atoms with van der Waals surface area (Å²) in [6.07, 6.45) is 6.46. The predicted octanol–water partition coefficient (Wildman–Crippen LogP) is 3.31. The molecule has 0 bridgehead atoms. The van der Waals surface area contributed by atoms with Gasteiger partial charge in [-0.2, -0.15) is 11.8 Å². The van der Waals surface area contributed by atoms with E-state index in [1.165, 1.54) is 43.6 Å². The molecule has 0 aromatic rings. The molecule has 3 unspecified atom stereocenters. The van der Waals surface area contributed by atoms with Gasteiger partial charge < -0.3 is 10.1 Å². The second-order valence-corrected chi connectivity index (χ2v) is 7.56. The van der Waals surface area contributed by atoms with E-state index in [0.29, 0.717) is 6.04 Å². The molecule has 0 aromatic carbocycles. The van der Waals surface area contributed by atoms with Gasteiger partial charge in [0.2, 0.25) is 0 Å². The van der Waals surface area contributed by atoms with Crippen LogP contribution in [-0.4, -0.2) is 36.8 Å². The summed E-state index contributed by atoms with van der Waals surface area (Å²) in [6.45, 7) is 5.63. The van der Waals surface area contributed by atoms with Gasteiger partial charge in [-0.15, -0.1) is 0 Å². The first kappa shape index (κ1) is 14.7. The lowest BCUT2D eigenvalue weighted by Crippen LogP contribution is -2.46. The summed E-state index contributed by atoms with van der Waals surface area (Å²) < 4.78 is 6.13. The van der Waals surface area contributed by atoms with Crippen molar-refractivity contribution in [2.24, 2.45) is 11.8 Å². The maximum atomic E-state index is 6.13. The molecule has 2 nitrogen and oxygen atoms in total. The van der Waals surface area contributed by atoms with Gasteiger partial charge in [-0.05, 0) is 56.7 Å². The molecule has 2 heterocycles. The first-order valence-electron chi connectivity index (χ1n) is 7.54. The summed E-state index contributed by atoms with van der Waals surface area (Å²) in [5.74, 6) is 4.16. The highest BCUT2D eigenvalue weighted by Gasteiger charge is 2.42. The Morgan fingerprint density at radius 2 is 2.22 bits per heavy atom. The molecule has 2 aliphatic rings. The lowest BCUT2D eigenvalue weighted by atomic mass is 9.79. The molecule has 3 heteroatoms. The summed E-state index contributed by atoms with van der Waals surface area (Å²) in [5, 5.41) is 3.57. The smallest absolute Gasteiger partial charge is 0.0783 e. The Morgan fingerprint density at radius 1 is 1.39 bits per heavy atom. The molecule has 2 rings (SSSR count). The zero-order valence-electron chi connectivity index (χ0n) is 12.2. The summed E-state index contributed by atoms with van der Waals surface area (Å²) in [5.41, 5.74) is 0.237. The number of hydrogen-bond acceptors (Lipinski definition) is 3. The largest absolute Gasteiger partial charge is 0.374 e. The van der Waals surface area contributed by atoms with Crippen LogP contribution in [0.3, 0.4) is 0 Å². The number of thioether (sulfide) groups is 1. The highest BCUT2D eigenvalue weighted by molar-refractivity contribution is 7.99. The van der Waals surface area contributed by atoms with E-state index in [0.717, 1.165) is 18.4 Å². The van der Waals surface area contributed by atoms with Crippen LogP contribution in [0.2, 0.25) is 0 Å². The third-order valence-electron chi connectivity index (χ3n) is 4.59. The first-order valence-corrected chi connectivity index (χ1v) is 8.70. The second kappa shape index (κ2) is 6.62. The fraction of sp³-hybridized carbons (Fsp3) is 1.00. The molecule has 0 aromatic heterocycles. The number of rotatable bonds is 5. The van der Waals surface area contributed by atoms with Crippen LogP contribution < -0.4 is 5.32 Å². The normalized spacial score (nSPS) is 34.3. The van der Waals surface area contributed by atoms with Crippen LogP contribution >= 0.6 is 11.8 Å². The fourth-order valence-corrected chi connectivity index (χ4v) is 4.78. The van der Waals surface area contributed by atoms with Crippen molar-refractivity contribution >= 4 is 11.8 Å². The van der Waals surface area contributed by atoms with Gasteiger partial charge in [0.1, 0.15) is 0 Å². The monoisotopic (exact) mass is 271 g/mol. The van der Waals surface area contributed by atoms with Crippen LogP contribution in [0.5, 0.6) is 0 Å². The molecule has 0 amide bonds. The molecule has 18 heavy (non-hydrogen) atoms. The van der Waals surface area contributed by atoms with E-state index in [-0.39, 0.29) is 5.60 Å². The van der Waals surface area contributed by atoms with E-state index < -0.39 is 0 Å². The third-order valence-corrected chi connectivity index (χ3v) is 5.82. The molecule has 0 saturated carbocycles. The maximum Gasteiger partial charge on any atom is 0.0783 e. The molecule has 106 valence electrons. The zero-order valence-corrected chi connectivity index (χ0v) is 13.0. The summed E-state index contributed by atoms with van der Waals surface area (Å²) in [6, 6.07) is 0.693. The Hall–Kier alpha value is 0.270. The van der Waals surface area contributed by atoms with E-state index >= 15 is 0 Å². The minimum absolute atomic E-state index is 0.237. The summed E-state index contributed by atoms with van der Waals surface area (Å²) in [4.78, 5) is 0. The average molecular weight is 271 g/mol. The zero-order chi connectivity index (χ0) is 13.0. The Morgan fingerprint density at radius 3 is 2.83 bits per heavy atom. The minimum atomic E-state index is 0.237. The Bertz CT molecular complexity index is 251. The number of hydrogen-bond donors (Lipinski definition) is 1. The molecule has 0 aliphatic carbocycles. The van der Waals surface area contributed by atoms with Crippen LogP contribution in [0.1, 0.15) is 46.0 Å². The van der Waals surface area contributed by atoms with Gasteiger partial charge in [0.05, 0.1) is 5.60 Å². The van der Waals surface area contributed by atoms with Crippen molar-refractivity contribution < 1.29 is 4.74 Å². The van der Waals surface area contributed by atoms with Gasteiger partial charge in [0.15, 0.2) is 0 Å². The van der Waals surface area contributed by atoms with E-state index in [1.807, 2.05) is 0 Å². The Labute approximate surface area is 117 Å². The number of ether oxygens (including phenoxy) is 1. The van der Waals surface area contributed by atoms with Crippen molar-refractivity contribution in [3.8, 4) is 0 Å². The van der Waals surface area contributed by atoms with Crippen molar-refractivity contribution in [2.45, 2.75) is 57.6 Å². The molecule has 2 aliphatic heterocycles. The molecular weight excluding hydrogens is 242 g/mol. The number of nitrogens with one attached hydrogen (secondary N) is 1. The van der Waals surface area contributed by atoms with Gasteiger partial charge in [0, 0.05) is 18.4 Å². The van der Waals surface area contributed by atoms with Crippen LogP contribution in [-0.2, 0) is 4.74 Å². The topological polar surface area (TPSA) is 21.3 Å². The maximum absolute atomic E-state index is 6.13. The van der Waals surface area contributed by atoms with Crippen molar-refractivity contribution in [3.63, 3.8) is 0 Å². The quantitative estimate of drug-likeness (QED) is 0.829. The van der Waals surface area contributed by atoms with Gasteiger partial charge in [-0.25, -0.2) is 0 Å². The van der Waals surface area contributed by atoms with Gasteiger partial charge in [0.25, 0.3) is 0 Å². The lowest BCUT2D eigenvalue weighted by molar-refractivity contribution is -0.0853. The van der Waals surface area contributed by atoms with Crippen LogP contribution in [0.25, 0.3) is 0 Å². The van der Waals surface area contributed by atoms with Gasteiger partial charge in [-0.3, -0.25) is 0 Å². The van der Waals surface area contributed by atoms with Gasteiger partial charge in [-0.1, -0.05) is 13.8 Å². The Kier molecular flexibility index (Phi) is 5.40. The lowest BCUT2D eigenvalue weighted by Gasteiger charge is -2.41. The van der Waals surface area contributed by atoms with E-state index in [1.54, 1.807) is 0 Å². The molecule has 0 radical (unpaired) electrons. The molecule has 2 fully saturated rings. The molecule has 1 spiro atoms. The van der Waals surface area contributed by atoms with E-state index in [9.17, 15) is 0 Å². The summed E-state index contributed by atoms with van der Waals surface area (Å²) in [7, 11) is 2.14. The Balaban J connectivity index is 1.89. The molecule has 1 N–H and O–H groups in total. The van der Waals surface area contributed by atoms with Crippen LogP contribution in [0, 0.1) is 11.8 Å². The molecule has 3 atom stereocenters. The van der Waals surface area contributed by atoms with Crippen molar-refractivity contribution in [3.05, 3.63) is 0 Å². The minimum Gasteiger partial charge on any atom is -0.374 e. The molecular formula is C15H29NOS. The first-order chi connectivity index (χ1) is 8.65. The van der Waals surface area contributed by atoms with Crippen LogP contribution in [0.15, 0.2) is 0 Å². The SMILES string of the molecule is CNC(CCC(C)C)C1CCOC2(CCSC2)C1. The van der Waals surface area contributed by atoms with Crippen molar-refractivity contribution in [2.75, 3.05) is 25.2 Å². The van der Waals surface area contributed by atoms with Crippen molar-refractivity contribution in [1.29, 1.82) is 0 Å². The third kappa shape index (κ3) is 3.64. The van der Waals surface area contributed by atoms with E-state index in [4.69, 9.17) is 4.74 Å². The van der Waals surface area contributed by atoms with Gasteiger partial charge >= 0.3 is 0 Å². The standard InChI is InChI=1S/C15H29NOS/c1-12(2)4-5-14(16-3)13-6-8-17-15(10-13)7-9-18-11-15/h12-14,16H,4-11H2,1-3H3. The highest BCUT2D eigenvalue weighted by atomic mass is 32.2. The summed E-state index contributed by atoms with van der Waals surface area (Å²) >= 11 is 2.07. The van der Waals surface area contributed by atoms with E-state index in [2.05, 4.69) is 38.0 Å².